The molecule has 5 rings (SSSR count). The number of amides is 2. The number of halogens is 1. The molecule has 1 aromatic carbocycles. The predicted molar refractivity (Wildman–Crippen MR) is 151 cm³/mol. The largest absolute Gasteiger partial charge is 0.447 e. The molecular weight excluding hydrogens is 493 g/mol. The van der Waals surface area contributed by atoms with Crippen molar-refractivity contribution in [1.82, 2.24) is 14.7 Å². The number of cyclic esters (lactones) is 1. The van der Waals surface area contributed by atoms with Crippen molar-refractivity contribution in [3.05, 3.63) is 35.6 Å². The molecule has 0 bridgehead atoms. The molecule has 0 spiro atoms. The van der Waals surface area contributed by atoms with Crippen LogP contribution in [-0.4, -0.2) is 77.1 Å². The van der Waals surface area contributed by atoms with Gasteiger partial charge < -0.3 is 9.64 Å². The number of rotatable bonds is 5. The van der Waals surface area contributed by atoms with Gasteiger partial charge in [0.05, 0.1) is 11.5 Å². The fourth-order valence-corrected chi connectivity index (χ4v) is 7.70. The van der Waals surface area contributed by atoms with Gasteiger partial charge in [-0.15, -0.1) is 0 Å². The molecular formula is C32H48FN3O3. The van der Waals surface area contributed by atoms with Crippen molar-refractivity contribution in [2.45, 2.75) is 96.6 Å². The zero-order valence-corrected chi connectivity index (χ0v) is 24.7. The van der Waals surface area contributed by atoms with Crippen LogP contribution in [0.4, 0.5) is 9.18 Å². The highest BCUT2D eigenvalue weighted by Gasteiger charge is 2.50. The Labute approximate surface area is 234 Å². The molecule has 0 N–H and O–H groups in total. The van der Waals surface area contributed by atoms with Gasteiger partial charge in [-0.05, 0) is 89.3 Å². The van der Waals surface area contributed by atoms with E-state index in [1.54, 1.807) is 0 Å². The number of carbonyl (C=O) groups excluding carboxylic acids is 2. The monoisotopic (exact) mass is 541 g/mol. The summed E-state index contributed by atoms with van der Waals surface area (Å²) in [5, 5.41) is 0. The van der Waals surface area contributed by atoms with Crippen molar-refractivity contribution in [3.8, 4) is 0 Å². The molecule has 2 atom stereocenters. The number of benzene rings is 1. The van der Waals surface area contributed by atoms with E-state index < -0.39 is 0 Å². The molecule has 7 heteroatoms. The van der Waals surface area contributed by atoms with E-state index in [4.69, 9.17) is 4.74 Å². The van der Waals surface area contributed by atoms with Crippen LogP contribution in [0, 0.1) is 23.1 Å². The minimum Gasteiger partial charge on any atom is -0.447 e. The molecule has 3 saturated heterocycles. The number of carbonyl (C=O) groups is 2. The van der Waals surface area contributed by atoms with E-state index in [-0.39, 0.29) is 46.1 Å². The van der Waals surface area contributed by atoms with Crippen LogP contribution >= 0.6 is 0 Å². The molecule has 2 unspecified atom stereocenters. The van der Waals surface area contributed by atoms with Crippen LogP contribution in [0.2, 0.25) is 0 Å². The van der Waals surface area contributed by atoms with Gasteiger partial charge in [0.1, 0.15) is 12.4 Å². The Balaban J connectivity index is 1.34. The van der Waals surface area contributed by atoms with E-state index in [0.717, 1.165) is 51.1 Å². The molecule has 4 aliphatic rings. The molecule has 1 saturated carbocycles. The van der Waals surface area contributed by atoms with Gasteiger partial charge in [0.2, 0.25) is 5.91 Å². The van der Waals surface area contributed by atoms with E-state index in [1.807, 2.05) is 17.0 Å². The first kappa shape index (κ1) is 28.4. The number of nitrogens with zero attached hydrogens (tertiary/aromatic N) is 3. The smallest absolute Gasteiger partial charge is 0.410 e. The molecule has 4 fully saturated rings. The van der Waals surface area contributed by atoms with Crippen LogP contribution in [0.5, 0.6) is 0 Å². The summed E-state index contributed by atoms with van der Waals surface area (Å²) < 4.78 is 19.2. The number of piperidine rings is 1. The van der Waals surface area contributed by atoms with Gasteiger partial charge in [-0.25, -0.2) is 9.18 Å². The second-order valence-corrected chi connectivity index (χ2v) is 14.3. The second-order valence-electron chi connectivity index (χ2n) is 14.3. The Hall–Kier alpha value is -2.15. The minimum absolute atomic E-state index is 0.0291. The van der Waals surface area contributed by atoms with E-state index in [9.17, 15) is 14.0 Å². The number of hydrogen-bond donors (Lipinski definition) is 0. The van der Waals surface area contributed by atoms with E-state index in [1.165, 1.54) is 44.2 Å². The van der Waals surface area contributed by atoms with Gasteiger partial charge in [0.15, 0.2) is 0 Å². The zero-order valence-electron chi connectivity index (χ0n) is 24.7. The highest BCUT2D eigenvalue weighted by atomic mass is 19.1. The van der Waals surface area contributed by atoms with Crippen molar-refractivity contribution >= 4 is 12.0 Å². The molecule has 2 amide bonds. The summed E-state index contributed by atoms with van der Waals surface area (Å²) in [5.41, 5.74) is 0.739. The van der Waals surface area contributed by atoms with Crippen molar-refractivity contribution in [2.24, 2.45) is 17.3 Å². The highest BCUT2D eigenvalue weighted by Crippen LogP contribution is 2.48. The van der Waals surface area contributed by atoms with Crippen molar-refractivity contribution < 1.29 is 18.7 Å². The molecule has 39 heavy (non-hydrogen) atoms. The van der Waals surface area contributed by atoms with E-state index in [0.29, 0.717) is 12.5 Å². The number of likely N-dealkylation sites (tertiary alicyclic amines) is 2. The Morgan fingerprint density at radius 1 is 1.03 bits per heavy atom. The average molecular weight is 542 g/mol. The topological polar surface area (TPSA) is 53.1 Å². The lowest BCUT2D eigenvalue weighted by molar-refractivity contribution is -0.139. The molecule has 3 aliphatic heterocycles. The molecule has 1 aliphatic carbocycles. The summed E-state index contributed by atoms with van der Waals surface area (Å²) in [6.45, 7) is 15.0. The van der Waals surface area contributed by atoms with Gasteiger partial charge in [0.25, 0.3) is 0 Å². The molecule has 1 aromatic rings. The van der Waals surface area contributed by atoms with Crippen LogP contribution in [0.15, 0.2) is 24.3 Å². The van der Waals surface area contributed by atoms with E-state index >= 15 is 0 Å². The number of hydrogen-bond acceptors (Lipinski definition) is 4. The van der Waals surface area contributed by atoms with Crippen LogP contribution in [0.3, 0.4) is 0 Å². The SMILES string of the molecule is CC(C)(C)N1CC(C(=O)N2CCC(CN3C(=O)OCC3(C)C)(C3CCCCC3)CC2)C(c2ccc(F)cc2)C1. The summed E-state index contributed by atoms with van der Waals surface area (Å²) in [4.78, 5) is 33.4. The third kappa shape index (κ3) is 5.71. The Bertz CT molecular complexity index is 1040. The molecule has 0 aromatic heterocycles. The Morgan fingerprint density at radius 2 is 1.67 bits per heavy atom. The van der Waals surface area contributed by atoms with Crippen LogP contribution in [0.1, 0.15) is 91.0 Å². The third-order valence-corrected chi connectivity index (χ3v) is 10.4. The normalized spacial score (nSPS) is 28.1. The third-order valence-electron chi connectivity index (χ3n) is 10.4. The van der Waals surface area contributed by atoms with Crippen LogP contribution in [-0.2, 0) is 9.53 Å². The van der Waals surface area contributed by atoms with Crippen molar-refractivity contribution in [2.75, 3.05) is 39.3 Å². The molecule has 216 valence electrons. The summed E-state index contributed by atoms with van der Waals surface area (Å²) in [6.07, 6.45) is 7.91. The first-order chi connectivity index (χ1) is 18.4. The molecule has 6 nitrogen and oxygen atoms in total. The van der Waals surface area contributed by atoms with Gasteiger partial charge in [-0.3, -0.25) is 14.6 Å². The van der Waals surface area contributed by atoms with Gasteiger partial charge in [-0.1, -0.05) is 31.4 Å². The van der Waals surface area contributed by atoms with Crippen molar-refractivity contribution in [3.63, 3.8) is 0 Å². The van der Waals surface area contributed by atoms with Crippen LogP contribution < -0.4 is 0 Å². The Kier molecular flexibility index (Phi) is 7.77. The summed E-state index contributed by atoms with van der Waals surface area (Å²) in [5.74, 6) is 0.496. The molecule has 3 heterocycles. The fraction of sp³-hybridized carbons (Fsp3) is 0.750. The van der Waals surface area contributed by atoms with Gasteiger partial charge in [-0.2, -0.15) is 0 Å². The maximum Gasteiger partial charge on any atom is 0.410 e. The first-order valence-corrected chi connectivity index (χ1v) is 15.1. The first-order valence-electron chi connectivity index (χ1n) is 15.1. The van der Waals surface area contributed by atoms with Crippen molar-refractivity contribution in [1.29, 1.82) is 0 Å². The van der Waals surface area contributed by atoms with Crippen LogP contribution in [0.25, 0.3) is 0 Å². The summed E-state index contributed by atoms with van der Waals surface area (Å²) >= 11 is 0. The quantitative estimate of drug-likeness (QED) is 0.455. The lowest BCUT2D eigenvalue weighted by Crippen LogP contribution is -2.55. The van der Waals surface area contributed by atoms with E-state index in [2.05, 4.69) is 44.4 Å². The zero-order chi connectivity index (χ0) is 28.0. The summed E-state index contributed by atoms with van der Waals surface area (Å²) in [6, 6.07) is 6.74. The highest BCUT2D eigenvalue weighted by molar-refractivity contribution is 5.81. The summed E-state index contributed by atoms with van der Waals surface area (Å²) in [7, 11) is 0. The Morgan fingerprint density at radius 3 is 2.23 bits per heavy atom. The fourth-order valence-electron chi connectivity index (χ4n) is 7.70. The lowest BCUT2D eigenvalue weighted by Gasteiger charge is -2.51. The average Bonchev–Trinajstić information content (AvgIpc) is 3.47. The van der Waals surface area contributed by atoms with Gasteiger partial charge in [0, 0.05) is 44.2 Å². The predicted octanol–water partition coefficient (Wildman–Crippen LogP) is 6.06. The maximum atomic E-state index is 14.2. The standard InChI is InChI=1S/C32H48FN3O3/c1-30(2,3)35-19-26(23-11-13-25(33)14-12-23)27(20-35)28(37)34-17-15-32(16-18-34,24-9-7-6-8-10-24)21-36-29(38)39-22-31(36,4)5/h11-14,24,26-27H,6-10,15-22H2,1-5H3. The number of ether oxygens (including phenoxy) is 1. The van der Waals surface area contributed by atoms with Gasteiger partial charge >= 0.3 is 6.09 Å². The molecule has 0 radical (unpaired) electrons. The lowest BCUT2D eigenvalue weighted by atomic mass is 9.63. The maximum absolute atomic E-state index is 14.2. The second kappa shape index (κ2) is 10.7. The minimum atomic E-state index is -0.297.